The highest BCUT2D eigenvalue weighted by atomic mass is 32.1. The number of fused-ring (bicyclic) bond motifs is 9. The van der Waals surface area contributed by atoms with Gasteiger partial charge in [-0.3, -0.25) is 0 Å². The molecule has 0 unspecified atom stereocenters. The van der Waals surface area contributed by atoms with E-state index in [1.54, 1.807) is 0 Å². The maximum Gasteiger partial charge on any atom is 0.0561 e. The summed E-state index contributed by atoms with van der Waals surface area (Å²) in [5.41, 5.74) is 14.0. The van der Waals surface area contributed by atoms with E-state index in [0.29, 0.717) is 0 Å². The Morgan fingerprint density at radius 3 is 1.50 bits per heavy atom. The van der Waals surface area contributed by atoms with Gasteiger partial charge in [-0.25, -0.2) is 0 Å². The standard InChI is InChI=1S/C60H38N2S2/c1-3-17-39(18-4-1)45-21-7-11-29-54(45)61(43-33-34-49-48-22-8-12-30-55(48)62(56(49)38-43)42-19-5-2-6-20-42)44-36-40(46-25-15-27-52-50-23-9-13-31-57(50)63-59(46)52)35-41(37-44)47-26-16-28-53-51-24-10-14-32-58(51)64-60(47)53/h1-38H. The second-order valence-electron chi connectivity index (χ2n) is 16.4. The molecule has 3 heterocycles. The lowest BCUT2D eigenvalue weighted by molar-refractivity contribution is 1.18. The van der Waals surface area contributed by atoms with E-state index < -0.39 is 0 Å². The zero-order chi connectivity index (χ0) is 42.1. The molecule has 0 atom stereocenters. The molecule has 0 aliphatic heterocycles. The first kappa shape index (κ1) is 36.9. The van der Waals surface area contributed by atoms with Crippen molar-refractivity contribution in [3.63, 3.8) is 0 Å². The number of rotatable bonds is 7. The van der Waals surface area contributed by atoms with Gasteiger partial charge in [0.1, 0.15) is 0 Å². The van der Waals surface area contributed by atoms with Crippen molar-refractivity contribution in [1.29, 1.82) is 0 Å². The molecule has 0 saturated heterocycles. The number of hydrogen-bond donors (Lipinski definition) is 0. The summed E-state index contributed by atoms with van der Waals surface area (Å²) in [6.45, 7) is 0. The molecule has 0 amide bonds. The van der Waals surface area contributed by atoms with Crippen LogP contribution in [0.2, 0.25) is 0 Å². The Hall–Kier alpha value is -7.76. The summed E-state index contributed by atoms with van der Waals surface area (Å²) in [6.07, 6.45) is 0. The molecule has 0 fully saturated rings. The molecule has 0 aliphatic rings. The fourth-order valence-corrected chi connectivity index (χ4v) is 12.4. The molecule has 13 rings (SSSR count). The van der Waals surface area contributed by atoms with Gasteiger partial charge in [0.2, 0.25) is 0 Å². The topological polar surface area (TPSA) is 8.17 Å². The third-order valence-corrected chi connectivity index (χ3v) is 15.2. The third-order valence-electron chi connectivity index (χ3n) is 12.8. The van der Waals surface area contributed by atoms with Gasteiger partial charge < -0.3 is 9.47 Å². The van der Waals surface area contributed by atoms with Crippen molar-refractivity contribution < 1.29 is 0 Å². The number of thiophene rings is 2. The Morgan fingerprint density at radius 1 is 0.312 bits per heavy atom. The van der Waals surface area contributed by atoms with Gasteiger partial charge >= 0.3 is 0 Å². The predicted octanol–water partition coefficient (Wildman–Crippen LogP) is 18.0. The maximum atomic E-state index is 2.50. The first-order chi connectivity index (χ1) is 31.7. The number of hydrogen-bond acceptors (Lipinski definition) is 3. The number of aromatic nitrogens is 1. The lowest BCUT2D eigenvalue weighted by Crippen LogP contribution is -2.12. The molecule has 3 aromatic heterocycles. The summed E-state index contributed by atoms with van der Waals surface area (Å²) in [7, 11) is 0. The van der Waals surface area contributed by atoms with Crippen molar-refractivity contribution in [2.75, 3.05) is 4.90 Å². The SMILES string of the molecule is c1ccc(-c2ccccc2N(c2cc(-c3cccc4c3sc3ccccc34)cc(-c3cccc4c3sc3ccccc34)c2)c2ccc3c4ccccc4n(-c4ccccc4)c3c2)cc1. The molecule has 13 aromatic rings. The number of nitrogens with zero attached hydrogens (tertiary/aromatic N) is 2. The molecule has 0 radical (unpaired) electrons. The molecule has 0 aliphatic carbocycles. The van der Waals surface area contributed by atoms with Crippen molar-refractivity contribution in [3.05, 3.63) is 231 Å². The van der Waals surface area contributed by atoms with E-state index in [-0.39, 0.29) is 0 Å². The monoisotopic (exact) mass is 850 g/mol. The van der Waals surface area contributed by atoms with Crippen LogP contribution in [0.25, 0.3) is 101 Å². The van der Waals surface area contributed by atoms with Crippen LogP contribution < -0.4 is 4.90 Å². The Kier molecular flexibility index (Phi) is 8.61. The van der Waals surface area contributed by atoms with Gasteiger partial charge in [0, 0.05) is 73.7 Å². The summed E-state index contributed by atoms with van der Waals surface area (Å²) in [4.78, 5) is 2.50. The van der Waals surface area contributed by atoms with E-state index >= 15 is 0 Å². The van der Waals surface area contributed by atoms with Gasteiger partial charge in [-0.05, 0) is 94.5 Å². The molecule has 0 bridgehead atoms. The maximum absolute atomic E-state index is 2.50. The lowest BCUT2D eigenvalue weighted by atomic mass is 9.95. The average molecular weight is 851 g/mol. The lowest BCUT2D eigenvalue weighted by Gasteiger charge is -2.29. The van der Waals surface area contributed by atoms with Crippen molar-refractivity contribution in [2.45, 2.75) is 0 Å². The van der Waals surface area contributed by atoms with E-state index in [0.717, 1.165) is 33.8 Å². The van der Waals surface area contributed by atoms with Crippen LogP contribution in [-0.4, -0.2) is 4.57 Å². The highest BCUT2D eigenvalue weighted by Crippen LogP contribution is 2.48. The minimum absolute atomic E-state index is 1.08. The van der Waals surface area contributed by atoms with Crippen LogP contribution in [-0.2, 0) is 0 Å². The van der Waals surface area contributed by atoms with Gasteiger partial charge in [0.25, 0.3) is 0 Å². The van der Waals surface area contributed by atoms with E-state index in [1.165, 1.54) is 84.5 Å². The molecule has 0 spiro atoms. The van der Waals surface area contributed by atoms with Crippen molar-refractivity contribution in [1.82, 2.24) is 4.57 Å². The summed E-state index contributed by atoms with van der Waals surface area (Å²) in [5, 5.41) is 7.65. The molecule has 2 nitrogen and oxygen atoms in total. The van der Waals surface area contributed by atoms with Crippen LogP contribution in [0.15, 0.2) is 231 Å². The fraction of sp³-hybridized carbons (Fsp3) is 0. The molecule has 64 heavy (non-hydrogen) atoms. The van der Waals surface area contributed by atoms with Crippen LogP contribution in [0, 0.1) is 0 Å². The highest BCUT2D eigenvalue weighted by molar-refractivity contribution is 7.26. The number of benzene rings is 10. The first-order valence-electron chi connectivity index (χ1n) is 21.7. The van der Waals surface area contributed by atoms with E-state index in [4.69, 9.17) is 0 Å². The van der Waals surface area contributed by atoms with Gasteiger partial charge in [0.15, 0.2) is 0 Å². The van der Waals surface area contributed by atoms with Crippen LogP contribution in [0.3, 0.4) is 0 Å². The zero-order valence-electron chi connectivity index (χ0n) is 34.7. The Labute approximate surface area is 378 Å². The van der Waals surface area contributed by atoms with Crippen LogP contribution in [0.4, 0.5) is 17.1 Å². The van der Waals surface area contributed by atoms with Gasteiger partial charge in [-0.2, -0.15) is 0 Å². The van der Waals surface area contributed by atoms with Crippen LogP contribution >= 0.6 is 22.7 Å². The van der Waals surface area contributed by atoms with Crippen LogP contribution in [0.1, 0.15) is 0 Å². The molecule has 0 saturated carbocycles. The van der Waals surface area contributed by atoms with E-state index in [2.05, 4.69) is 240 Å². The van der Waals surface area contributed by atoms with E-state index in [9.17, 15) is 0 Å². The summed E-state index contributed by atoms with van der Waals surface area (Å²) >= 11 is 3.77. The van der Waals surface area contributed by atoms with Gasteiger partial charge in [0.05, 0.1) is 16.7 Å². The Morgan fingerprint density at radius 2 is 0.828 bits per heavy atom. The third kappa shape index (κ3) is 5.91. The minimum atomic E-state index is 1.08. The average Bonchev–Trinajstić information content (AvgIpc) is 4.04. The predicted molar refractivity (Wildman–Crippen MR) is 278 cm³/mol. The van der Waals surface area contributed by atoms with Crippen molar-refractivity contribution in [2.24, 2.45) is 0 Å². The second kappa shape index (κ2) is 15.0. The van der Waals surface area contributed by atoms with Crippen molar-refractivity contribution >= 4 is 102 Å². The molecule has 4 heteroatoms. The van der Waals surface area contributed by atoms with Crippen molar-refractivity contribution in [3.8, 4) is 39.1 Å². The number of anilines is 3. The Balaban J connectivity index is 1.13. The van der Waals surface area contributed by atoms with Gasteiger partial charge in [-0.15, -0.1) is 22.7 Å². The Bertz CT molecular complexity index is 3780. The van der Waals surface area contributed by atoms with E-state index in [1.807, 2.05) is 22.7 Å². The minimum Gasteiger partial charge on any atom is -0.310 e. The highest BCUT2D eigenvalue weighted by Gasteiger charge is 2.23. The molecular formula is C60H38N2S2. The molecule has 10 aromatic carbocycles. The summed E-state index contributed by atoms with van der Waals surface area (Å²) in [6, 6.07) is 84.8. The van der Waals surface area contributed by atoms with Gasteiger partial charge in [-0.1, -0.05) is 164 Å². The smallest absolute Gasteiger partial charge is 0.0561 e. The zero-order valence-corrected chi connectivity index (χ0v) is 36.3. The second-order valence-corrected chi connectivity index (χ2v) is 18.5. The number of para-hydroxylation sites is 3. The summed E-state index contributed by atoms with van der Waals surface area (Å²) < 4.78 is 7.63. The summed E-state index contributed by atoms with van der Waals surface area (Å²) in [5.74, 6) is 0. The largest absolute Gasteiger partial charge is 0.310 e. The molecule has 0 N–H and O–H groups in total. The normalized spacial score (nSPS) is 11.8. The fourth-order valence-electron chi connectivity index (χ4n) is 9.91. The first-order valence-corrected chi connectivity index (χ1v) is 23.4. The molecule has 300 valence electrons. The molecular weight excluding hydrogens is 813 g/mol. The van der Waals surface area contributed by atoms with Crippen LogP contribution in [0.5, 0.6) is 0 Å². The quantitative estimate of drug-likeness (QED) is 0.155.